The van der Waals surface area contributed by atoms with Crippen LogP contribution in [0.5, 0.6) is 0 Å². The number of rotatable bonds is 8. The second kappa shape index (κ2) is 10.0. The van der Waals surface area contributed by atoms with E-state index >= 15 is 0 Å². The van der Waals surface area contributed by atoms with Gasteiger partial charge in [0.2, 0.25) is 0 Å². The maximum absolute atomic E-state index is 5.45. The Hall–Kier alpha value is -0.920. The molecular formula is C16H28O2. The zero-order valence-electron chi connectivity index (χ0n) is 11.9. The number of hydrogen-bond donors (Lipinski definition) is 0. The Morgan fingerprint density at radius 2 is 1.28 bits per heavy atom. The largest absolute Gasteiger partial charge is 0.502 e. The van der Waals surface area contributed by atoms with E-state index in [1.165, 1.54) is 38.5 Å². The average molecular weight is 252 g/mol. The molecule has 0 aromatic carbocycles. The molecule has 0 heterocycles. The van der Waals surface area contributed by atoms with E-state index in [-0.39, 0.29) is 0 Å². The van der Waals surface area contributed by atoms with Crippen molar-refractivity contribution in [2.75, 3.05) is 13.2 Å². The Morgan fingerprint density at radius 3 is 1.67 bits per heavy atom. The highest BCUT2D eigenvalue weighted by atomic mass is 16.5. The van der Waals surface area contributed by atoms with Crippen molar-refractivity contribution >= 4 is 0 Å². The molecule has 0 spiro atoms. The van der Waals surface area contributed by atoms with E-state index in [1.807, 2.05) is 26.0 Å². The van der Waals surface area contributed by atoms with Gasteiger partial charge in [0, 0.05) is 0 Å². The molecule has 0 N–H and O–H groups in total. The lowest BCUT2D eigenvalue weighted by atomic mass is 9.76. The summed E-state index contributed by atoms with van der Waals surface area (Å²) >= 11 is 0. The predicted molar refractivity (Wildman–Crippen MR) is 76.2 cm³/mol. The Kier molecular flexibility index (Phi) is 8.45. The fraction of sp³-hybridized carbons (Fsp3) is 0.750. The Balaban J connectivity index is 2.23. The van der Waals surface area contributed by atoms with Crippen LogP contribution < -0.4 is 0 Å². The Morgan fingerprint density at radius 1 is 0.833 bits per heavy atom. The Labute approximate surface area is 112 Å². The molecule has 1 saturated carbocycles. The minimum atomic E-state index is 0.832. The first-order valence-electron chi connectivity index (χ1n) is 7.34. The first-order valence-corrected chi connectivity index (χ1v) is 7.34. The molecule has 2 atom stereocenters. The van der Waals surface area contributed by atoms with Crippen molar-refractivity contribution in [3.63, 3.8) is 0 Å². The van der Waals surface area contributed by atoms with E-state index in [9.17, 15) is 0 Å². The van der Waals surface area contributed by atoms with Crippen molar-refractivity contribution in [1.29, 1.82) is 0 Å². The van der Waals surface area contributed by atoms with Crippen LogP contribution in [0.3, 0.4) is 0 Å². The van der Waals surface area contributed by atoms with Crippen molar-refractivity contribution in [2.45, 2.75) is 52.4 Å². The summed E-state index contributed by atoms with van der Waals surface area (Å²) in [6.45, 7) is 5.70. The molecule has 0 aromatic rings. The first kappa shape index (κ1) is 15.1. The molecule has 0 aromatic heterocycles. The van der Waals surface area contributed by atoms with Gasteiger partial charge in [0.05, 0.1) is 25.7 Å². The summed E-state index contributed by atoms with van der Waals surface area (Å²) in [6.07, 6.45) is 15.4. The summed E-state index contributed by atoms with van der Waals surface area (Å²) in [5.74, 6) is 1.66. The van der Waals surface area contributed by atoms with Crippen molar-refractivity contribution in [3.8, 4) is 0 Å². The van der Waals surface area contributed by atoms with E-state index in [0.717, 1.165) is 25.0 Å². The van der Waals surface area contributed by atoms with Crippen LogP contribution in [0.2, 0.25) is 0 Å². The van der Waals surface area contributed by atoms with Crippen LogP contribution in [0.25, 0.3) is 0 Å². The first-order chi connectivity index (χ1) is 8.88. The molecule has 0 aliphatic heterocycles. The number of ether oxygens (including phenoxy) is 2. The van der Waals surface area contributed by atoms with Crippen molar-refractivity contribution in [2.24, 2.45) is 11.8 Å². The van der Waals surface area contributed by atoms with Crippen LogP contribution in [0.1, 0.15) is 52.4 Å². The molecule has 2 nitrogen and oxygen atoms in total. The molecule has 1 rings (SSSR count). The standard InChI is InChI=1S/C16H28O2/c1-3-11-17-13-9-15-7-5-6-8-16(15)10-14-18-12-4-2/h3-4,11-12,15-16H,5-10,13-14H2,1-2H3. The molecule has 2 heteroatoms. The quantitative estimate of drug-likeness (QED) is 0.461. The molecule has 0 radical (unpaired) electrons. The van der Waals surface area contributed by atoms with Gasteiger partial charge in [-0.2, -0.15) is 0 Å². The summed E-state index contributed by atoms with van der Waals surface area (Å²) in [7, 11) is 0. The van der Waals surface area contributed by atoms with Gasteiger partial charge in [0.1, 0.15) is 0 Å². The van der Waals surface area contributed by atoms with Gasteiger partial charge >= 0.3 is 0 Å². The second-order valence-electron chi connectivity index (χ2n) is 5.06. The van der Waals surface area contributed by atoms with E-state index in [1.54, 1.807) is 12.5 Å². The maximum Gasteiger partial charge on any atom is 0.0875 e. The molecule has 1 aliphatic carbocycles. The van der Waals surface area contributed by atoms with Crippen LogP contribution in [0.15, 0.2) is 24.7 Å². The third-order valence-corrected chi connectivity index (χ3v) is 3.74. The zero-order chi connectivity index (χ0) is 13.1. The van der Waals surface area contributed by atoms with Crippen molar-refractivity contribution in [3.05, 3.63) is 24.7 Å². The fourth-order valence-electron chi connectivity index (χ4n) is 2.81. The molecular weight excluding hydrogens is 224 g/mol. The smallest absolute Gasteiger partial charge is 0.0875 e. The highest BCUT2D eigenvalue weighted by Gasteiger charge is 2.24. The second-order valence-corrected chi connectivity index (χ2v) is 5.06. The van der Waals surface area contributed by atoms with Gasteiger partial charge in [-0.05, 0) is 38.5 Å². The minimum Gasteiger partial charge on any atom is -0.502 e. The van der Waals surface area contributed by atoms with Gasteiger partial charge in [-0.25, -0.2) is 0 Å². The molecule has 1 aliphatic rings. The third-order valence-electron chi connectivity index (χ3n) is 3.74. The molecule has 2 unspecified atom stereocenters. The average Bonchev–Trinajstić information content (AvgIpc) is 2.41. The summed E-state index contributed by atoms with van der Waals surface area (Å²) in [4.78, 5) is 0. The van der Waals surface area contributed by atoms with Crippen LogP contribution in [0, 0.1) is 11.8 Å². The van der Waals surface area contributed by atoms with Gasteiger partial charge in [-0.1, -0.05) is 37.8 Å². The van der Waals surface area contributed by atoms with E-state index in [4.69, 9.17) is 9.47 Å². The van der Waals surface area contributed by atoms with E-state index < -0.39 is 0 Å². The SMILES string of the molecule is CC=COCCC1CCCCC1CCOC=CC. The lowest BCUT2D eigenvalue weighted by Crippen LogP contribution is -2.22. The highest BCUT2D eigenvalue weighted by molar-refractivity contribution is 4.76. The highest BCUT2D eigenvalue weighted by Crippen LogP contribution is 2.34. The van der Waals surface area contributed by atoms with Gasteiger partial charge in [0.15, 0.2) is 0 Å². The van der Waals surface area contributed by atoms with Crippen molar-refractivity contribution < 1.29 is 9.47 Å². The van der Waals surface area contributed by atoms with Crippen LogP contribution in [-0.4, -0.2) is 13.2 Å². The van der Waals surface area contributed by atoms with Crippen molar-refractivity contribution in [1.82, 2.24) is 0 Å². The van der Waals surface area contributed by atoms with E-state index in [2.05, 4.69) is 0 Å². The monoisotopic (exact) mass is 252 g/mol. The molecule has 18 heavy (non-hydrogen) atoms. The maximum atomic E-state index is 5.45. The molecule has 0 saturated heterocycles. The molecule has 1 fully saturated rings. The topological polar surface area (TPSA) is 18.5 Å². The summed E-state index contributed by atoms with van der Waals surface area (Å²) < 4.78 is 10.9. The fourth-order valence-corrected chi connectivity index (χ4v) is 2.81. The van der Waals surface area contributed by atoms with Gasteiger partial charge in [-0.3, -0.25) is 0 Å². The van der Waals surface area contributed by atoms with Crippen LogP contribution >= 0.6 is 0 Å². The lowest BCUT2D eigenvalue weighted by molar-refractivity contribution is 0.131. The lowest BCUT2D eigenvalue weighted by Gasteiger charge is -2.31. The van der Waals surface area contributed by atoms with Gasteiger partial charge < -0.3 is 9.47 Å². The molecule has 104 valence electrons. The summed E-state index contributed by atoms with van der Waals surface area (Å²) in [6, 6.07) is 0. The van der Waals surface area contributed by atoms with Gasteiger partial charge in [0.25, 0.3) is 0 Å². The number of allylic oxidation sites excluding steroid dienone is 2. The molecule has 0 bridgehead atoms. The summed E-state index contributed by atoms with van der Waals surface area (Å²) in [5.41, 5.74) is 0. The third kappa shape index (κ3) is 6.13. The number of hydrogen-bond acceptors (Lipinski definition) is 2. The Bertz CT molecular complexity index is 219. The van der Waals surface area contributed by atoms with Crippen LogP contribution in [0.4, 0.5) is 0 Å². The molecule has 0 amide bonds. The predicted octanol–water partition coefficient (Wildman–Crippen LogP) is 4.67. The normalized spacial score (nSPS) is 24.8. The van der Waals surface area contributed by atoms with Crippen LogP contribution in [-0.2, 0) is 9.47 Å². The van der Waals surface area contributed by atoms with E-state index in [0.29, 0.717) is 0 Å². The van der Waals surface area contributed by atoms with Gasteiger partial charge in [-0.15, -0.1) is 0 Å². The summed E-state index contributed by atoms with van der Waals surface area (Å²) in [5, 5.41) is 0. The zero-order valence-corrected chi connectivity index (χ0v) is 11.9. The minimum absolute atomic E-state index is 0.832.